The number of hydrogen-bond acceptors (Lipinski definition) is 4. The number of thiazole rings is 1. The van der Waals surface area contributed by atoms with Crippen molar-refractivity contribution in [2.45, 2.75) is 6.18 Å². The van der Waals surface area contributed by atoms with Crippen LogP contribution in [0, 0.1) is 6.07 Å². The van der Waals surface area contributed by atoms with Gasteiger partial charge in [0.15, 0.2) is 5.69 Å². The summed E-state index contributed by atoms with van der Waals surface area (Å²) in [7, 11) is 1.47. The standard InChI is InChI=1S/C14H7ClF3N2OS/c1-21-9-5-3-7-2-4-8(19-12(7)11(9)15)13-20-10(6-22-13)14(16,17)18/h3-6H,1H3. The van der Waals surface area contributed by atoms with Gasteiger partial charge in [0.05, 0.1) is 12.6 Å². The van der Waals surface area contributed by atoms with Crippen LogP contribution in [-0.2, 0) is 6.18 Å². The lowest BCUT2D eigenvalue weighted by Crippen LogP contribution is -2.04. The van der Waals surface area contributed by atoms with E-state index in [9.17, 15) is 13.2 Å². The fourth-order valence-corrected chi connectivity index (χ4v) is 2.93. The molecule has 0 spiro atoms. The third-order valence-electron chi connectivity index (χ3n) is 2.91. The number of halogens is 4. The maximum Gasteiger partial charge on any atom is 0.434 e. The Hall–Kier alpha value is -1.86. The lowest BCUT2D eigenvalue weighted by molar-refractivity contribution is -0.140. The fourth-order valence-electron chi connectivity index (χ4n) is 1.86. The highest BCUT2D eigenvalue weighted by atomic mass is 35.5. The molecule has 0 aliphatic rings. The van der Waals surface area contributed by atoms with E-state index in [2.05, 4.69) is 16.0 Å². The second kappa shape index (κ2) is 5.40. The van der Waals surface area contributed by atoms with Crippen LogP contribution >= 0.6 is 22.9 Å². The molecule has 2 aromatic heterocycles. The SMILES string of the molecule is COc1ccc2[c]cc(-c3nc(C(F)(F)F)cs3)nc2c1Cl. The summed E-state index contributed by atoms with van der Waals surface area (Å²) in [6.07, 6.45) is -4.48. The number of benzene rings is 1. The third-order valence-corrected chi connectivity index (χ3v) is 4.14. The first-order valence-corrected chi connectivity index (χ1v) is 7.24. The van der Waals surface area contributed by atoms with Gasteiger partial charge in [-0.15, -0.1) is 11.3 Å². The van der Waals surface area contributed by atoms with Crippen LogP contribution in [-0.4, -0.2) is 17.1 Å². The number of fused-ring (bicyclic) bond motifs is 1. The van der Waals surface area contributed by atoms with E-state index in [0.29, 0.717) is 16.7 Å². The van der Waals surface area contributed by atoms with E-state index in [4.69, 9.17) is 16.3 Å². The van der Waals surface area contributed by atoms with Gasteiger partial charge in [-0.1, -0.05) is 11.6 Å². The monoisotopic (exact) mass is 343 g/mol. The maximum absolute atomic E-state index is 12.6. The lowest BCUT2D eigenvalue weighted by Gasteiger charge is -2.06. The number of aromatic nitrogens is 2. The van der Waals surface area contributed by atoms with Gasteiger partial charge in [0.1, 0.15) is 21.5 Å². The molecule has 2 heterocycles. The predicted molar refractivity (Wildman–Crippen MR) is 78.3 cm³/mol. The van der Waals surface area contributed by atoms with Crippen LogP contribution in [0.2, 0.25) is 5.02 Å². The second-order valence-corrected chi connectivity index (χ2v) is 5.54. The number of methoxy groups -OCH3 is 1. The molecule has 1 radical (unpaired) electrons. The van der Waals surface area contributed by atoms with Crippen LogP contribution in [0.25, 0.3) is 21.6 Å². The molecule has 0 atom stereocenters. The van der Waals surface area contributed by atoms with Crippen molar-refractivity contribution in [2.75, 3.05) is 7.11 Å². The van der Waals surface area contributed by atoms with E-state index in [1.807, 2.05) is 0 Å². The molecular weight excluding hydrogens is 337 g/mol. The Morgan fingerprint density at radius 3 is 2.68 bits per heavy atom. The lowest BCUT2D eigenvalue weighted by atomic mass is 10.2. The highest BCUT2D eigenvalue weighted by Gasteiger charge is 2.34. The minimum atomic E-state index is -4.48. The first kappa shape index (κ1) is 15.1. The zero-order valence-corrected chi connectivity index (χ0v) is 12.6. The summed E-state index contributed by atoms with van der Waals surface area (Å²) in [6, 6.07) is 7.83. The Kier molecular flexibility index (Phi) is 3.70. The molecule has 0 aliphatic carbocycles. The largest absolute Gasteiger partial charge is 0.495 e. The summed E-state index contributed by atoms with van der Waals surface area (Å²) >= 11 is 7.04. The van der Waals surface area contributed by atoms with Gasteiger partial charge in [-0.05, 0) is 24.3 Å². The molecule has 3 rings (SSSR count). The molecule has 3 nitrogen and oxygen atoms in total. The van der Waals surface area contributed by atoms with E-state index < -0.39 is 11.9 Å². The molecule has 8 heteroatoms. The van der Waals surface area contributed by atoms with Gasteiger partial charge in [-0.3, -0.25) is 0 Å². The summed E-state index contributed by atoms with van der Waals surface area (Å²) in [6.45, 7) is 0. The minimum absolute atomic E-state index is 0.157. The number of rotatable bonds is 2. The van der Waals surface area contributed by atoms with Crippen molar-refractivity contribution in [1.29, 1.82) is 0 Å². The first-order valence-electron chi connectivity index (χ1n) is 5.98. The maximum atomic E-state index is 12.6. The van der Waals surface area contributed by atoms with Crippen LogP contribution in [0.1, 0.15) is 5.69 Å². The van der Waals surface area contributed by atoms with Crippen LogP contribution in [0.5, 0.6) is 5.75 Å². The smallest absolute Gasteiger partial charge is 0.434 e. The minimum Gasteiger partial charge on any atom is -0.495 e. The number of hydrogen-bond donors (Lipinski definition) is 0. The molecule has 0 fully saturated rings. The zero-order chi connectivity index (χ0) is 15.9. The van der Waals surface area contributed by atoms with Crippen molar-refractivity contribution < 1.29 is 17.9 Å². The Morgan fingerprint density at radius 1 is 1.27 bits per heavy atom. The second-order valence-electron chi connectivity index (χ2n) is 4.30. The third kappa shape index (κ3) is 2.62. The first-order chi connectivity index (χ1) is 10.4. The Balaban J connectivity index is 2.12. The number of nitrogens with zero attached hydrogens (tertiary/aromatic N) is 2. The molecule has 113 valence electrons. The van der Waals surface area contributed by atoms with E-state index in [0.717, 1.165) is 16.7 Å². The van der Waals surface area contributed by atoms with E-state index in [1.54, 1.807) is 12.1 Å². The Bertz CT molecular complexity index is 848. The van der Waals surface area contributed by atoms with Crippen molar-refractivity contribution >= 4 is 33.8 Å². The van der Waals surface area contributed by atoms with E-state index in [1.165, 1.54) is 13.2 Å². The molecule has 0 unspecified atom stereocenters. The van der Waals surface area contributed by atoms with E-state index in [-0.39, 0.29) is 15.7 Å². The fraction of sp³-hybridized carbons (Fsp3) is 0.143. The molecule has 22 heavy (non-hydrogen) atoms. The molecule has 0 amide bonds. The van der Waals surface area contributed by atoms with Crippen molar-refractivity contribution in [3.05, 3.63) is 40.4 Å². The highest BCUT2D eigenvalue weighted by molar-refractivity contribution is 7.13. The Morgan fingerprint density at radius 2 is 2.05 bits per heavy atom. The van der Waals surface area contributed by atoms with Crippen molar-refractivity contribution in [3.8, 4) is 16.5 Å². The normalized spacial score (nSPS) is 11.9. The molecule has 0 saturated heterocycles. The van der Waals surface area contributed by atoms with Gasteiger partial charge in [0, 0.05) is 10.8 Å². The highest BCUT2D eigenvalue weighted by Crippen LogP contribution is 2.35. The van der Waals surface area contributed by atoms with Crippen LogP contribution in [0.4, 0.5) is 13.2 Å². The predicted octanol–water partition coefficient (Wildman–Crippen LogP) is 4.84. The average Bonchev–Trinajstić information content (AvgIpc) is 2.97. The summed E-state index contributed by atoms with van der Waals surface area (Å²) < 4.78 is 42.9. The number of ether oxygens (including phenoxy) is 1. The summed E-state index contributed by atoms with van der Waals surface area (Å²) in [5, 5.41) is 2.03. The van der Waals surface area contributed by atoms with Gasteiger partial charge < -0.3 is 4.74 Å². The quantitative estimate of drug-likeness (QED) is 0.668. The van der Waals surface area contributed by atoms with Gasteiger partial charge in [0.2, 0.25) is 0 Å². The Labute approximate surface area is 132 Å². The van der Waals surface area contributed by atoms with Crippen molar-refractivity contribution in [1.82, 2.24) is 9.97 Å². The topological polar surface area (TPSA) is 35.0 Å². The molecule has 0 saturated carbocycles. The van der Waals surface area contributed by atoms with Gasteiger partial charge in [0.25, 0.3) is 0 Å². The summed E-state index contributed by atoms with van der Waals surface area (Å²) in [5.41, 5.74) is -0.253. The van der Waals surface area contributed by atoms with Crippen molar-refractivity contribution in [3.63, 3.8) is 0 Å². The van der Waals surface area contributed by atoms with Gasteiger partial charge in [-0.25, -0.2) is 9.97 Å². The summed E-state index contributed by atoms with van der Waals surface area (Å²) in [5.74, 6) is 0.433. The molecule has 3 aromatic rings. The zero-order valence-electron chi connectivity index (χ0n) is 11.0. The molecular formula is C14H7ClF3N2OS. The van der Waals surface area contributed by atoms with Crippen molar-refractivity contribution in [2.24, 2.45) is 0 Å². The number of alkyl halides is 3. The van der Waals surface area contributed by atoms with Crippen LogP contribution in [0.3, 0.4) is 0 Å². The van der Waals surface area contributed by atoms with Gasteiger partial charge >= 0.3 is 6.18 Å². The summed E-state index contributed by atoms with van der Waals surface area (Å²) in [4.78, 5) is 7.85. The molecule has 0 bridgehead atoms. The molecule has 0 aliphatic heterocycles. The van der Waals surface area contributed by atoms with Gasteiger partial charge in [-0.2, -0.15) is 13.2 Å². The molecule has 1 aromatic carbocycles. The average molecular weight is 344 g/mol. The molecule has 0 N–H and O–H groups in total. The van der Waals surface area contributed by atoms with Crippen LogP contribution < -0.4 is 4.74 Å². The van der Waals surface area contributed by atoms with E-state index >= 15 is 0 Å². The van der Waals surface area contributed by atoms with Crippen LogP contribution in [0.15, 0.2) is 23.6 Å². The number of pyridine rings is 1.